The van der Waals surface area contributed by atoms with Crippen LogP contribution in [0.1, 0.15) is 31.2 Å². The molecule has 1 saturated carbocycles. The van der Waals surface area contributed by atoms with Crippen LogP contribution in [0.15, 0.2) is 18.3 Å². The van der Waals surface area contributed by atoms with Crippen molar-refractivity contribution < 1.29 is 13.2 Å². The smallest absolute Gasteiger partial charge is 0.367 e. The van der Waals surface area contributed by atoms with Gasteiger partial charge in [0.1, 0.15) is 5.82 Å². The monoisotopic (exact) mass is 273 g/mol. The summed E-state index contributed by atoms with van der Waals surface area (Å²) in [6.07, 6.45) is 1.01. The number of anilines is 1. The van der Waals surface area contributed by atoms with Gasteiger partial charge in [0, 0.05) is 12.2 Å². The molecular formula is C13H18F3N3. The Morgan fingerprint density at radius 2 is 2.05 bits per heavy atom. The summed E-state index contributed by atoms with van der Waals surface area (Å²) < 4.78 is 37.8. The molecule has 6 heteroatoms. The average molecular weight is 273 g/mol. The highest BCUT2D eigenvalue weighted by atomic mass is 19.4. The molecule has 2 unspecified atom stereocenters. The molecular weight excluding hydrogens is 255 g/mol. The summed E-state index contributed by atoms with van der Waals surface area (Å²) in [7, 11) is 0. The average Bonchev–Trinajstić information content (AvgIpc) is 2.39. The van der Waals surface area contributed by atoms with Crippen molar-refractivity contribution in [3.05, 3.63) is 23.9 Å². The van der Waals surface area contributed by atoms with Crippen LogP contribution in [-0.4, -0.2) is 17.6 Å². The maximum Gasteiger partial charge on any atom is 0.416 e. The summed E-state index contributed by atoms with van der Waals surface area (Å²) in [6.45, 7) is 0.552. The number of aromatic nitrogens is 1. The summed E-state index contributed by atoms with van der Waals surface area (Å²) in [5, 5.41) is 3.10. The van der Waals surface area contributed by atoms with Gasteiger partial charge in [-0.15, -0.1) is 0 Å². The Morgan fingerprint density at radius 3 is 2.74 bits per heavy atom. The third kappa shape index (κ3) is 3.59. The molecule has 2 atom stereocenters. The molecule has 19 heavy (non-hydrogen) atoms. The number of nitrogens with zero attached hydrogens (tertiary/aromatic N) is 1. The fourth-order valence-electron chi connectivity index (χ4n) is 2.56. The third-order valence-electron chi connectivity index (χ3n) is 3.63. The van der Waals surface area contributed by atoms with Gasteiger partial charge in [-0.05, 0) is 37.4 Å². The fraction of sp³-hybridized carbons (Fsp3) is 0.615. The van der Waals surface area contributed by atoms with Crippen LogP contribution in [0.5, 0.6) is 0 Å². The number of hydrogen-bond acceptors (Lipinski definition) is 3. The van der Waals surface area contributed by atoms with E-state index >= 15 is 0 Å². The van der Waals surface area contributed by atoms with Crippen molar-refractivity contribution in [3.8, 4) is 0 Å². The summed E-state index contributed by atoms with van der Waals surface area (Å²) in [5.41, 5.74) is 5.03. The first-order valence-corrected chi connectivity index (χ1v) is 6.50. The Hall–Kier alpha value is -1.30. The van der Waals surface area contributed by atoms with Crippen molar-refractivity contribution in [2.45, 2.75) is 37.9 Å². The molecule has 0 aromatic carbocycles. The first-order valence-electron chi connectivity index (χ1n) is 6.50. The second kappa shape index (κ2) is 5.77. The van der Waals surface area contributed by atoms with Crippen molar-refractivity contribution in [2.24, 2.45) is 11.7 Å². The zero-order chi connectivity index (χ0) is 13.9. The highest BCUT2D eigenvalue weighted by Gasteiger charge is 2.31. The fourth-order valence-corrected chi connectivity index (χ4v) is 2.56. The molecule has 2 rings (SSSR count). The predicted octanol–water partition coefficient (Wildman–Crippen LogP) is 3.03. The van der Waals surface area contributed by atoms with Crippen molar-refractivity contribution in [2.75, 3.05) is 11.9 Å². The van der Waals surface area contributed by atoms with Crippen molar-refractivity contribution >= 4 is 5.82 Å². The number of pyridine rings is 1. The molecule has 0 spiro atoms. The minimum absolute atomic E-state index is 0.120. The highest BCUT2D eigenvalue weighted by Crippen LogP contribution is 2.31. The van der Waals surface area contributed by atoms with E-state index in [1.807, 2.05) is 0 Å². The summed E-state index contributed by atoms with van der Waals surface area (Å²) >= 11 is 0. The molecule has 0 saturated heterocycles. The Kier molecular flexibility index (Phi) is 4.29. The van der Waals surface area contributed by atoms with E-state index in [4.69, 9.17) is 5.73 Å². The Balaban J connectivity index is 2.10. The van der Waals surface area contributed by atoms with Crippen LogP contribution >= 0.6 is 0 Å². The lowest BCUT2D eigenvalue weighted by Crippen LogP contribution is -2.37. The molecule has 1 aliphatic carbocycles. The maximum absolute atomic E-state index is 12.6. The van der Waals surface area contributed by atoms with Gasteiger partial charge < -0.3 is 11.1 Å². The normalized spacial score (nSPS) is 24.2. The van der Waals surface area contributed by atoms with Gasteiger partial charge in [0.05, 0.1) is 5.56 Å². The third-order valence-corrected chi connectivity index (χ3v) is 3.63. The Labute approximate surface area is 110 Å². The van der Waals surface area contributed by atoms with Crippen LogP contribution in [0.4, 0.5) is 19.0 Å². The van der Waals surface area contributed by atoms with Crippen LogP contribution in [0.3, 0.4) is 0 Å². The minimum atomic E-state index is -4.33. The standard InChI is InChI=1S/C13H18F3N3/c14-13(15,16)10-5-6-18-12(7-10)19-11-4-2-1-3-9(11)8-17/h5-7,9,11H,1-4,8,17H2,(H,18,19). The van der Waals surface area contributed by atoms with E-state index in [0.29, 0.717) is 12.5 Å². The largest absolute Gasteiger partial charge is 0.416 e. The lowest BCUT2D eigenvalue weighted by molar-refractivity contribution is -0.137. The van der Waals surface area contributed by atoms with Crippen LogP contribution in [-0.2, 0) is 6.18 Å². The number of nitrogens with one attached hydrogen (secondary N) is 1. The van der Waals surface area contributed by atoms with Gasteiger partial charge in [-0.3, -0.25) is 0 Å². The number of alkyl halides is 3. The van der Waals surface area contributed by atoms with Crippen molar-refractivity contribution in [3.63, 3.8) is 0 Å². The van der Waals surface area contributed by atoms with E-state index in [1.54, 1.807) is 0 Å². The van der Waals surface area contributed by atoms with Crippen LogP contribution < -0.4 is 11.1 Å². The van der Waals surface area contributed by atoms with E-state index in [0.717, 1.165) is 37.8 Å². The first-order chi connectivity index (χ1) is 9.00. The van der Waals surface area contributed by atoms with Crippen LogP contribution in [0.2, 0.25) is 0 Å². The van der Waals surface area contributed by atoms with E-state index in [1.165, 1.54) is 6.20 Å². The molecule has 1 heterocycles. The van der Waals surface area contributed by atoms with Gasteiger partial charge in [0.2, 0.25) is 0 Å². The second-order valence-electron chi connectivity index (χ2n) is 4.96. The zero-order valence-corrected chi connectivity index (χ0v) is 10.6. The highest BCUT2D eigenvalue weighted by molar-refractivity contribution is 5.39. The summed E-state index contributed by atoms with van der Waals surface area (Å²) in [6, 6.07) is 2.16. The molecule has 0 radical (unpaired) electrons. The molecule has 1 aromatic rings. The minimum Gasteiger partial charge on any atom is -0.367 e. The second-order valence-corrected chi connectivity index (χ2v) is 4.96. The van der Waals surface area contributed by atoms with Gasteiger partial charge in [-0.2, -0.15) is 13.2 Å². The molecule has 0 bridgehead atoms. The first kappa shape index (κ1) is 14.1. The molecule has 0 amide bonds. The topological polar surface area (TPSA) is 50.9 Å². The number of hydrogen-bond donors (Lipinski definition) is 2. The van der Waals surface area contributed by atoms with Crippen LogP contribution in [0.25, 0.3) is 0 Å². The quantitative estimate of drug-likeness (QED) is 0.890. The van der Waals surface area contributed by atoms with Gasteiger partial charge in [0.25, 0.3) is 0 Å². The summed E-state index contributed by atoms with van der Waals surface area (Å²) in [5.74, 6) is 0.588. The van der Waals surface area contributed by atoms with Gasteiger partial charge in [0.15, 0.2) is 0 Å². The SMILES string of the molecule is NCC1CCCCC1Nc1cc(C(F)(F)F)ccn1. The van der Waals surface area contributed by atoms with E-state index in [-0.39, 0.29) is 11.9 Å². The van der Waals surface area contributed by atoms with E-state index in [9.17, 15) is 13.2 Å². The lowest BCUT2D eigenvalue weighted by Gasteiger charge is -2.31. The zero-order valence-electron chi connectivity index (χ0n) is 10.6. The Morgan fingerprint density at radius 1 is 1.32 bits per heavy atom. The molecule has 106 valence electrons. The number of nitrogens with two attached hydrogens (primary N) is 1. The molecule has 0 aliphatic heterocycles. The number of rotatable bonds is 3. The van der Waals surface area contributed by atoms with Crippen molar-refractivity contribution in [1.82, 2.24) is 4.98 Å². The molecule has 3 N–H and O–H groups in total. The predicted molar refractivity (Wildman–Crippen MR) is 67.7 cm³/mol. The molecule has 1 aliphatic rings. The van der Waals surface area contributed by atoms with Gasteiger partial charge >= 0.3 is 6.18 Å². The van der Waals surface area contributed by atoms with Gasteiger partial charge in [-0.25, -0.2) is 4.98 Å². The Bertz CT molecular complexity index is 420. The van der Waals surface area contributed by atoms with E-state index < -0.39 is 11.7 Å². The molecule has 1 aromatic heterocycles. The van der Waals surface area contributed by atoms with Crippen LogP contribution in [0, 0.1) is 5.92 Å². The molecule has 1 fully saturated rings. The summed E-state index contributed by atoms with van der Waals surface area (Å²) in [4.78, 5) is 3.96. The van der Waals surface area contributed by atoms with Crippen molar-refractivity contribution in [1.29, 1.82) is 0 Å². The maximum atomic E-state index is 12.6. The number of halogens is 3. The lowest BCUT2D eigenvalue weighted by atomic mass is 9.84. The van der Waals surface area contributed by atoms with Gasteiger partial charge in [-0.1, -0.05) is 12.8 Å². The molecule has 3 nitrogen and oxygen atoms in total. The van der Waals surface area contributed by atoms with E-state index in [2.05, 4.69) is 10.3 Å².